The number of methoxy groups -OCH3 is 1. The lowest BCUT2D eigenvalue weighted by molar-refractivity contribution is -0.0511. The van der Waals surface area contributed by atoms with Crippen LogP contribution in [0.4, 0.5) is 10.1 Å². The summed E-state index contributed by atoms with van der Waals surface area (Å²) in [6.45, 7) is 3.84. The monoisotopic (exact) mass is 267 g/mol. The fourth-order valence-electron chi connectivity index (χ4n) is 2.22. The molecule has 1 fully saturated rings. The third-order valence-electron chi connectivity index (χ3n) is 3.93. The van der Waals surface area contributed by atoms with Gasteiger partial charge in [-0.15, -0.1) is 0 Å². The first kappa shape index (κ1) is 13.8. The zero-order valence-corrected chi connectivity index (χ0v) is 11.2. The number of benzene rings is 1. The van der Waals surface area contributed by atoms with Crippen molar-refractivity contribution >= 4 is 11.7 Å². The zero-order chi connectivity index (χ0) is 14.2. The minimum Gasteiger partial charge on any atom is -0.465 e. The van der Waals surface area contributed by atoms with Crippen LogP contribution in [-0.2, 0) is 4.74 Å². The van der Waals surface area contributed by atoms with Crippen LogP contribution in [0.15, 0.2) is 18.2 Å². The maximum Gasteiger partial charge on any atom is 0.337 e. The van der Waals surface area contributed by atoms with Crippen LogP contribution < -0.4 is 5.32 Å². The molecule has 2 atom stereocenters. The fraction of sp³-hybridized carbons (Fsp3) is 0.500. The summed E-state index contributed by atoms with van der Waals surface area (Å²) >= 11 is 0. The second-order valence-corrected chi connectivity index (χ2v) is 5.46. The number of hydrogen-bond acceptors (Lipinski definition) is 4. The SMILES string of the molecule is COC(=O)c1ccc(F)c(NC2CC(O)C2(C)C)c1. The predicted octanol–water partition coefficient (Wildman–Crippen LogP) is 2.18. The molecule has 2 N–H and O–H groups in total. The van der Waals surface area contributed by atoms with Gasteiger partial charge in [0.05, 0.1) is 24.5 Å². The highest BCUT2D eigenvalue weighted by atomic mass is 19.1. The molecule has 0 aromatic heterocycles. The Morgan fingerprint density at radius 3 is 2.74 bits per heavy atom. The van der Waals surface area contributed by atoms with E-state index in [4.69, 9.17) is 0 Å². The summed E-state index contributed by atoms with van der Waals surface area (Å²) in [5.74, 6) is -0.930. The summed E-state index contributed by atoms with van der Waals surface area (Å²) in [4.78, 5) is 11.4. The third-order valence-corrected chi connectivity index (χ3v) is 3.93. The highest BCUT2D eigenvalue weighted by Gasteiger charge is 2.47. The van der Waals surface area contributed by atoms with Gasteiger partial charge < -0.3 is 15.2 Å². The predicted molar refractivity (Wildman–Crippen MR) is 69.6 cm³/mol. The summed E-state index contributed by atoms with van der Waals surface area (Å²) in [5.41, 5.74) is 0.241. The highest BCUT2D eigenvalue weighted by molar-refractivity contribution is 5.90. The largest absolute Gasteiger partial charge is 0.465 e. The summed E-state index contributed by atoms with van der Waals surface area (Å²) in [7, 11) is 1.28. The Hall–Kier alpha value is -1.62. The van der Waals surface area contributed by atoms with E-state index >= 15 is 0 Å². The summed E-state index contributed by atoms with van der Waals surface area (Å²) in [6.07, 6.45) is 0.173. The zero-order valence-electron chi connectivity index (χ0n) is 11.2. The van der Waals surface area contributed by atoms with Gasteiger partial charge >= 0.3 is 5.97 Å². The van der Waals surface area contributed by atoms with Gasteiger partial charge in [0, 0.05) is 11.5 Å². The van der Waals surface area contributed by atoms with Gasteiger partial charge in [-0.2, -0.15) is 0 Å². The standard InChI is InChI=1S/C14H18FNO3/c1-14(2)11(7-12(14)17)16-10-6-8(13(18)19-3)4-5-9(10)15/h4-6,11-12,16-17H,7H2,1-3H3. The van der Waals surface area contributed by atoms with Crippen molar-refractivity contribution in [3.05, 3.63) is 29.6 Å². The van der Waals surface area contributed by atoms with Crippen molar-refractivity contribution in [2.24, 2.45) is 5.41 Å². The molecule has 0 bridgehead atoms. The fourth-order valence-corrected chi connectivity index (χ4v) is 2.22. The number of carbonyl (C=O) groups excluding carboxylic acids is 1. The van der Waals surface area contributed by atoms with Crippen molar-refractivity contribution in [2.75, 3.05) is 12.4 Å². The van der Waals surface area contributed by atoms with E-state index in [1.165, 1.54) is 25.3 Å². The molecule has 0 saturated heterocycles. The molecular formula is C14H18FNO3. The van der Waals surface area contributed by atoms with Crippen LogP contribution in [0.1, 0.15) is 30.6 Å². The molecular weight excluding hydrogens is 249 g/mol. The quantitative estimate of drug-likeness (QED) is 0.824. The average Bonchev–Trinajstić information content (AvgIpc) is 2.39. The number of ether oxygens (including phenoxy) is 1. The second kappa shape index (κ2) is 4.81. The molecule has 0 amide bonds. The minimum absolute atomic E-state index is 0.0232. The Balaban J connectivity index is 2.19. The van der Waals surface area contributed by atoms with Crippen molar-refractivity contribution in [1.82, 2.24) is 0 Å². The Labute approximate surface area is 111 Å². The molecule has 2 rings (SSSR count). The molecule has 1 saturated carbocycles. The molecule has 4 nitrogen and oxygen atoms in total. The van der Waals surface area contributed by atoms with Gasteiger partial charge in [0.1, 0.15) is 5.82 Å². The van der Waals surface area contributed by atoms with Crippen molar-refractivity contribution in [3.8, 4) is 0 Å². The lowest BCUT2D eigenvalue weighted by Crippen LogP contribution is -2.57. The van der Waals surface area contributed by atoms with Crippen LogP contribution >= 0.6 is 0 Å². The van der Waals surface area contributed by atoms with Crippen molar-refractivity contribution in [3.63, 3.8) is 0 Å². The van der Waals surface area contributed by atoms with Gasteiger partial charge in [-0.1, -0.05) is 13.8 Å². The lowest BCUT2D eigenvalue weighted by Gasteiger charge is -2.49. The molecule has 1 aliphatic carbocycles. The van der Waals surface area contributed by atoms with Gasteiger partial charge in [0.2, 0.25) is 0 Å². The van der Waals surface area contributed by atoms with Gasteiger partial charge in [0.25, 0.3) is 0 Å². The number of anilines is 1. The minimum atomic E-state index is -0.504. The van der Waals surface area contributed by atoms with Crippen LogP contribution in [0, 0.1) is 11.2 Å². The summed E-state index contributed by atoms with van der Waals surface area (Å²) in [6, 6.07) is 4.02. The molecule has 2 unspecified atom stereocenters. The second-order valence-electron chi connectivity index (χ2n) is 5.46. The van der Waals surface area contributed by atoms with Gasteiger partial charge in [-0.3, -0.25) is 0 Å². The van der Waals surface area contributed by atoms with Gasteiger partial charge in [0.15, 0.2) is 0 Å². The molecule has 0 spiro atoms. The Bertz CT molecular complexity index is 501. The van der Waals surface area contributed by atoms with Crippen LogP contribution in [-0.4, -0.2) is 30.3 Å². The first-order chi connectivity index (χ1) is 8.86. The van der Waals surface area contributed by atoms with E-state index in [2.05, 4.69) is 10.1 Å². The van der Waals surface area contributed by atoms with E-state index in [-0.39, 0.29) is 17.1 Å². The summed E-state index contributed by atoms with van der Waals surface area (Å²) in [5, 5.41) is 12.7. The van der Waals surface area contributed by atoms with Crippen LogP contribution in [0.5, 0.6) is 0 Å². The topological polar surface area (TPSA) is 58.6 Å². The summed E-state index contributed by atoms with van der Waals surface area (Å²) < 4.78 is 18.3. The molecule has 5 heteroatoms. The van der Waals surface area contributed by atoms with Crippen molar-refractivity contribution in [2.45, 2.75) is 32.4 Å². The average molecular weight is 267 g/mol. The first-order valence-electron chi connectivity index (χ1n) is 6.18. The normalized spacial score (nSPS) is 24.5. The maximum atomic E-state index is 13.7. The number of rotatable bonds is 3. The van der Waals surface area contributed by atoms with E-state index in [0.717, 1.165) is 0 Å². The number of halogens is 1. The van der Waals surface area contributed by atoms with E-state index in [9.17, 15) is 14.3 Å². The molecule has 1 aromatic carbocycles. The molecule has 104 valence electrons. The molecule has 0 aliphatic heterocycles. The van der Waals surface area contributed by atoms with Crippen molar-refractivity contribution in [1.29, 1.82) is 0 Å². The number of hydrogen-bond donors (Lipinski definition) is 2. The van der Waals surface area contributed by atoms with Crippen LogP contribution in [0.2, 0.25) is 0 Å². The number of aliphatic hydroxyl groups excluding tert-OH is 1. The van der Waals surface area contributed by atoms with E-state index in [1.54, 1.807) is 0 Å². The van der Waals surface area contributed by atoms with Crippen molar-refractivity contribution < 1.29 is 19.0 Å². The van der Waals surface area contributed by atoms with Gasteiger partial charge in [-0.05, 0) is 24.6 Å². The Kier molecular flexibility index (Phi) is 3.49. The molecule has 19 heavy (non-hydrogen) atoms. The number of esters is 1. The Morgan fingerprint density at radius 2 is 2.21 bits per heavy atom. The smallest absolute Gasteiger partial charge is 0.337 e. The first-order valence-corrected chi connectivity index (χ1v) is 6.18. The molecule has 1 aromatic rings. The molecule has 0 radical (unpaired) electrons. The number of aliphatic hydroxyl groups is 1. The van der Waals surface area contributed by atoms with E-state index < -0.39 is 17.9 Å². The van der Waals surface area contributed by atoms with E-state index in [1.807, 2.05) is 13.8 Å². The molecule has 0 heterocycles. The number of carbonyl (C=O) groups is 1. The number of nitrogens with one attached hydrogen (secondary N) is 1. The molecule has 1 aliphatic rings. The maximum absolute atomic E-state index is 13.7. The van der Waals surface area contributed by atoms with Gasteiger partial charge in [-0.25, -0.2) is 9.18 Å². The van der Waals surface area contributed by atoms with Crippen LogP contribution in [0.25, 0.3) is 0 Å². The third kappa shape index (κ3) is 2.42. The Morgan fingerprint density at radius 1 is 1.53 bits per heavy atom. The van der Waals surface area contributed by atoms with Crippen LogP contribution in [0.3, 0.4) is 0 Å². The lowest BCUT2D eigenvalue weighted by atomic mass is 9.64. The highest BCUT2D eigenvalue weighted by Crippen LogP contribution is 2.42. The van der Waals surface area contributed by atoms with E-state index in [0.29, 0.717) is 12.0 Å².